The molecule has 0 aliphatic heterocycles. The molecule has 0 bridgehead atoms. The van der Waals surface area contributed by atoms with Crippen LogP contribution < -0.4 is 10.5 Å². The lowest BCUT2D eigenvalue weighted by Gasteiger charge is -2.15. The number of rotatable bonds is 5. The lowest BCUT2D eigenvalue weighted by molar-refractivity contribution is -0.150. The average molecular weight is 433 g/mol. The fraction of sp³-hybridized carbons (Fsp3) is 0.200. The van der Waals surface area contributed by atoms with Gasteiger partial charge in [0.2, 0.25) is 0 Å². The summed E-state index contributed by atoms with van der Waals surface area (Å²) in [5, 5.41) is 13.3. The van der Waals surface area contributed by atoms with Crippen LogP contribution in [0, 0.1) is 11.3 Å². The minimum absolute atomic E-state index is 0.112. The number of fused-ring (bicyclic) bond motifs is 1. The molecule has 2 heterocycles. The third-order valence-corrected chi connectivity index (χ3v) is 5.51. The Morgan fingerprint density at radius 3 is 2.79 bits per heavy atom. The van der Waals surface area contributed by atoms with Crippen molar-refractivity contribution in [1.29, 1.82) is 5.26 Å². The minimum atomic E-state index is -4.63. The van der Waals surface area contributed by atoms with Crippen molar-refractivity contribution in [3.8, 4) is 6.07 Å². The van der Waals surface area contributed by atoms with Crippen LogP contribution in [0.4, 0.5) is 18.9 Å². The van der Waals surface area contributed by atoms with E-state index in [0.717, 1.165) is 17.1 Å². The van der Waals surface area contributed by atoms with Crippen LogP contribution in [0.1, 0.15) is 5.56 Å². The minimum Gasteiger partial charge on any atom is -0.358 e. The van der Waals surface area contributed by atoms with E-state index in [-0.39, 0.29) is 21.2 Å². The van der Waals surface area contributed by atoms with Crippen LogP contribution in [0.15, 0.2) is 35.6 Å². The summed E-state index contributed by atoms with van der Waals surface area (Å²) in [5.74, 6) is 0. The van der Waals surface area contributed by atoms with Crippen molar-refractivity contribution in [3.05, 3.63) is 41.3 Å². The molecule has 0 radical (unpaired) electrons. The second-order valence-corrected chi connectivity index (χ2v) is 7.90. The Labute approximate surface area is 161 Å². The summed E-state index contributed by atoms with van der Waals surface area (Å²) in [4.78, 5) is 2.42. The first-order chi connectivity index (χ1) is 13.0. The Kier molecular flexibility index (Phi) is 5.00. The van der Waals surface area contributed by atoms with Gasteiger partial charge in [-0.2, -0.15) is 23.5 Å². The van der Waals surface area contributed by atoms with Crippen molar-refractivity contribution in [2.45, 2.75) is 23.7 Å². The van der Waals surface area contributed by atoms with Gasteiger partial charge in [0.25, 0.3) is 10.0 Å². The number of sulfonamides is 1. The largest absolute Gasteiger partial charge is 0.405 e. The van der Waals surface area contributed by atoms with Gasteiger partial charge >= 0.3 is 6.18 Å². The standard InChI is InChI=1S/C15H12ClF3N6O2S/c16-10-1-2-11(14-13(10)8(3-20)4-22-14)24-28(26,27)9-5-23-25(6-9)7-12(21)15(17,18)19/h1-2,4-6,12,22,24H,7,21H2/t12-/m0/s1. The number of nitriles is 1. The van der Waals surface area contributed by atoms with E-state index < -0.39 is 28.8 Å². The Morgan fingerprint density at radius 1 is 1.43 bits per heavy atom. The fourth-order valence-corrected chi connectivity index (χ4v) is 3.76. The maximum Gasteiger partial charge on any atom is 0.405 e. The molecule has 148 valence electrons. The van der Waals surface area contributed by atoms with Crippen LogP contribution in [0.25, 0.3) is 10.9 Å². The second kappa shape index (κ2) is 7.01. The maximum absolute atomic E-state index is 12.6. The summed E-state index contributed by atoms with van der Waals surface area (Å²) < 4.78 is 65.9. The topological polar surface area (TPSA) is 130 Å². The third-order valence-electron chi connectivity index (χ3n) is 3.87. The lowest BCUT2D eigenvalue weighted by atomic mass is 10.1. The molecule has 4 N–H and O–H groups in total. The molecule has 28 heavy (non-hydrogen) atoms. The molecule has 0 aliphatic carbocycles. The van der Waals surface area contributed by atoms with E-state index in [0.29, 0.717) is 10.9 Å². The van der Waals surface area contributed by atoms with Crippen LogP contribution in [0.5, 0.6) is 0 Å². The van der Waals surface area contributed by atoms with Crippen molar-refractivity contribution in [3.63, 3.8) is 0 Å². The van der Waals surface area contributed by atoms with Gasteiger partial charge in [-0.15, -0.1) is 0 Å². The van der Waals surface area contributed by atoms with E-state index in [1.165, 1.54) is 18.3 Å². The van der Waals surface area contributed by atoms with Crippen molar-refractivity contribution in [2.75, 3.05) is 4.72 Å². The van der Waals surface area contributed by atoms with Gasteiger partial charge < -0.3 is 10.7 Å². The number of benzene rings is 1. The number of nitrogens with two attached hydrogens (primary N) is 1. The van der Waals surface area contributed by atoms with E-state index in [4.69, 9.17) is 22.6 Å². The molecule has 0 amide bonds. The number of halogens is 4. The Hall–Kier alpha value is -2.75. The first-order valence-corrected chi connectivity index (χ1v) is 9.46. The highest BCUT2D eigenvalue weighted by Gasteiger charge is 2.37. The molecule has 2 aromatic heterocycles. The van der Waals surface area contributed by atoms with Gasteiger partial charge in [-0.1, -0.05) is 11.6 Å². The van der Waals surface area contributed by atoms with Crippen molar-refractivity contribution >= 4 is 38.2 Å². The number of hydrogen-bond acceptors (Lipinski definition) is 5. The molecular formula is C15H12ClF3N6O2S. The highest BCUT2D eigenvalue weighted by Crippen LogP contribution is 2.32. The van der Waals surface area contributed by atoms with Crippen LogP contribution in [-0.2, 0) is 16.6 Å². The van der Waals surface area contributed by atoms with Gasteiger partial charge in [0.15, 0.2) is 0 Å². The molecule has 0 saturated carbocycles. The Morgan fingerprint density at radius 2 is 2.14 bits per heavy atom. The highest BCUT2D eigenvalue weighted by molar-refractivity contribution is 7.92. The molecule has 8 nitrogen and oxygen atoms in total. The zero-order valence-corrected chi connectivity index (χ0v) is 15.4. The SMILES string of the molecule is N#Cc1c[nH]c2c(NS(=O)(=O)c3cnn(C[C@H](N)C(F)(F)F)c3)ccc(Cl)c12. The van der Waals surface area contributed by atoms with Gasteiger partial charge in [0.05, 0.1) is 34.5 Å². The molecule has 13 heteroatoms. The number of H-pyrrole nitrogens is 1. The van der Waals surface area contributed by atoms with Gasteiger partial charge in [0, 0.05) is 17.8 Å². The second-order valence-electron chi connectivity index (χ2n) is 5.81. The molecule has 3 aromatic rings. The summed E-state index contributed by atoms with van der Waals surface area (Å²) in [7, 11) is -4.17. The highest BCUT2D eigenvalue weighted by atomic mass is 35.5. The molecular weight excluding hydrogens is 421 g/mol. The molecule has 0 aliphatic rings. The lowest BCUT2D eigenvalue weighted by Crippen LogP contribution is -2.40. The van der Waals surface area contributed by atoms with Crippen LogP contribution in [0.3, 0.4) is 0 Å². The molecule has 0 spiro atoms. The van der Waals surface area contributed by atoms with Crippen LogP contribution >= 0.6 is 11.6 Å². The summed E-state index contributed by atoms with van der Waals surface area (Å²) in [6.07, 6.45) is -1.40. The first-order valence-electron chi connectivity index (χ1n) is 7.60. The van der Waals surface area contributed by atoms with Gasteiger partial charge in [-0.05, 0) is 12.1 Å². The summed E-state index contributed by atoms with van der Waals surface area (Å²) in [6, 6.07) is 2.56. The third kappa shape index (κ3) is 3.77. The molecule has 1 aromatic carbocycles. The van der Waals surface area contributed by atoms with E-state index in [1.807, 2.05) is 6.07 Å². The quantitative estimate of drug-likeness (QED) is 0.570. The molecule has 0 unspecified atom stereocenters. The van der Waals surface area contributed by atoms with E-state index in [9.17, 15) is 21.6 Å². The zero-order chi connectivity index (χ0) is 20.7. The first kappa shape index (κ1) is 20.0. The van der Waals surface area contributed by atoms with Crippen LogP contribution in [-0.4, -0.2) is 35.4 Å². The van der Waals surface area contributed by atoms with Gasteiger partial charge in [0.1, 0.15) is 17.0 Å². The Bertz CT molecular complexity index is 1180. The number of nitrogens with one attached hydrogen (secondary N) is 2. The maximum atomic E-state index is 12.6. The van der Waals surface area contributed by atoms with Crippen molar-refractivity contribution in [1.82, 2.24) is 14.8 Å². The van der Waals surface area contributed by atoms with E-state index >= 15 is 0 Å². The fourth-order valence-electron chi connectivity index (χ4n) is 2.47. The molecule has 1 atom stereocenters. The van der Waals surface area contributed by atoms with Crippen LogP contribution in [0.2, 0.25) is 5.02 Å². The van der Waals surface area contributed by atoms with Crippen molar-refractivity contribution < 1.29 is 21.6 Å². The predicted octanol–water partition coefficient (Wildman–Crippen LogP) is 2.58. The number of anilines is 1. The predicted molar refractivity (Wildman–Crippen MR) is 95.1 cm³/mol. The van der Waals surface area contributed by atoms with Gasteiger partial charge in [-0.25, -0.2) is 8.42 Å². The van der Waals surface area contributed by atoms with E-state index in [1.54, 1.807) is 0 Å². The molecule has 0 fully saturated rings. The summed E-state index contributed by atoms with van der Waals surface area (Å²) in [6.45, 7) is -0.730. The number of aromatic amines is 1. The number of hydrogen-bond donors (Lipinski definition) is 3. The number of nitrogens with zero attached hydrogens (tertiary/aromatic N) is 3. The Balaban J connectivity index is 1.90. The average Bonchev–Trinajstić information content (AvgIpc) is 3.24. The summed E-state index contributed by atoms with van der Waals surface area (Å²) >= 11 is 6.07. The molecule has 3 rings (SSSR count). The van der Waals surface area contributed by atoms with Crippen molar-refractivity contribution in [2.24, 2.45) is 5.73 Å². The monoisotopic (exact) mass is 432 g/mol. The summed E-state index contributed by atoms with van der Waals surface area (Å²) in [5.41, 5.74) is 5.66. The smallest absolute Gasteiger partial charge is 0.358 e. The normalized spacial score (nSPS) is 13.4. The number of alkyl halides is 3. The van der Waals surface area contributed by atoms with Gasteiger partial charge in [-0.3, -0.25) is 9.40 Å². The zero-order valence-electron chi connectivity index (χ0n) is 13.8. The van der Waals surface area contributed by atoms with E-state index in [2.05, 4.69) is 14.8 Å². The molecule has 0 saturated heterocycles. The number of aromatic nitrogens is 3.